The summed E-state index contributed by atoms with van der Waals surface area (Å²) in [7, 11) is 1.56. The average molecular weight is 475 g/mol. The Labute approximate surface area is 207 Å². The van der Waals surface area contributed by atoms with Crippen molar-refractivity contribution in [1.82, 2.24) is 10.2 Å². The number of aliphatic hydroxyl groups is 1. The molecule has 1 saturated heterocycles. The van der Waals surface area contributed by atoms with Gasteiger partial charge in [-0.2, -0.15) is 5.26 Å². The van der Waals surface area contributed by atoms with Crippen molar-refractivity contribution >= 4 is 11.6 Å². The minimum atomic E-state index is -0.435. The highest BCUT2D eigenvalue weighted by Crippen LogP contribution is 2.36. The van der Waals surface area contributed by atoms with Crippen LogP contribution in [0.1, 0.15) is 60.5 Å². The molecule has 7 heteroatoms. The predicted molar refractivity (Wildman–Crippen MR) is 137 cm³/mol. The molecule has 0 saturated carbocycles. The van der Waals surface area contributed by atoms with Crippen LogP contribution in [-0.2, 0) is 11.2 Å². The zero-order valence-corrected chi connectivity index (χ0v) is 20.8. The molecule has 2 N–H and O–H groups in total. The summed E-state index contributed by atoms with van der Waals surface area (Å²) in [5, 5.41) is 23.5. The molecule has 35 heavy (non-hydrogen) atoms. The van der Waals surface area contributed by atoms with Crippen molar-refractivity contribution in [2.24, 2.45) is 4.99 Å². The van der Waals surface area contributed by atoms with Gasteiger partial charge in [-0.25, -0.2) is 4.99 Å². The molecule has 0 spiro atoms. The molecule has 4 rings (SSSR count). The van der Waals surface area contributed by atoms with Gasteiger partial charge in [0, 0.05) is 36.8 Å². The highest BCUT2D eigenvalue weighted by molar-refractivity contribution is 5.98. The summed E-state index contributed by atoms with van der Waals surface area (Å²) in [4.78, 5) is 6.79. The molecule has 7 nitrogen and oxygen atoms in total. The first kappa shape index (κ1) is 24.9. The topological polar surface area (TPSA) is 90.1 Å². The van der Waals surface area contributed by atoms with Crippen LogP contribution < -0.4 is 10.1 Å². The molecule has 0 radical (unpaired) electrons. The van der Waals surface area contributed by atoms with Crippen LogP contribution in [0.2, 0.25) is 0 Å². The van der Waals surface area contributed by atoms with Crippen LogP contribution in [0.15, 0.2) is 48.0 Å². The van der Waals surface area contributed by atoms with Crippen LogP contribution in [0, 0.1) is 11.3 Å². The van der Waals surface area contributed by atoms with Gasteiger partial charge in [0.2, 0.25) is 5.90 Å². The van der Waals surface area contributed by atoms with E-state index in [0.29, 0.717) is 35.0 Å². The second-order valence-electron chi connectivity index (χ2n) is 9.30. The highest BCUT2D eigenvalue weighted by atomic mass is 16.5. The van der Waals surface area contributed by atoms with Crippen molar-refractivity contribution in [3.8, 4) is 11.8 Å². The number of fused-ring (bicyclic) bond motifs is 1. The summed E-state index contributed by atoms with van der Waals surface area (Å²) in [6.45, 7) is 10.6. The van der Waals surface area contributed by atoms with Crippen LogP contribution in [0.25, 0.3) is 5.70 Å². The first-order valence-electron chi connectivity index (χ1n) is 12.2. The molecule has 2 aliphatic rings. The number of nitrogens with one attached hydrogen (secondary N) is 1. The van der Waals surface area contributed by atoms with E-state index in [0.717, 1.165) is 37.9 Å². The van der Waals surface area contributed by atoms with E-state index in [1.807, 2.05) is 32.0 Å². The number of likely N-dealkylation sites (tertiary alicyclic amines) is 1. The van der Waals surface area contributed by atoms with Gasteiger partial charge < -0.3 is 19.9 Å². The second-order valence-corrected chi connectivity index (χ2v) is 9.30. The van der Waals surface area contributed by atoms with E-state index in [1.165, 1.54) is 11.1 Å². The predicted octanol–water partition coefficient (Wildman–Crippen LogP) is 4.01. The van der Waals surface area contributed by atoms with E-state index < -0.39 is 6.23 Å². The van der Waals surface area contributed by atoms with Crippen molar-refractivity contribution in [1.29, 1.82) is 5.26 Å². The molecule has 1 aliphatic carbocycles. The molecule has 2 aromatic carbocycles. The zero-order valence-electron chi connectivity index (χ0n) is 20.8. The van der Waals surface area contributed by atoms with Crippen LogP contribution in [0.3, 0.4) is 0 Å². The fourth-order valence-electron chi connectivity index (χ4n) is 4.67. The maximum Gasteiger partial charge on any atom is 0.221 e. The smallest absolute Gasteiger partial charge is 0.221 e. The Balaban J connectivity index is 1.53. The molecule has 0 bridgehead atoms. The summed E-state index contributed by atoms with van der Waals surface area (Å²) in [5.74, 6) is 0.935. The number of aliphatic hydroxyl groups excluding tert-OH is 1. The summed E-state index contributed by atoms with van der Waals surface area (Å²) in [5.41, 5.74) is 5.18. The number of benzene rings is 2. The van der Waals surface area contributed by atoms with Gasteiger partial charge in [0.15, 0.2) is 0 Å². The quantitative estimate of drug-likeness (QED) is 0.422. The molecule has 0 amide bonds. The standard InChI is InChI=1S/C28H34N4O3/c1-18(2)35-26-12-9-20(15-21(26)16-29)28(34-4)31-19(3)22-7-5-8-24-23(22)10-11-25(24)30-17-27(33)32-13-6-14-32/h5,7-9,12,15,18,25,27,30,33H,3,6,10-11,13-14,17H2,1-2,4H3/t25-,27?/m0/s1. The van der Waals surface area contributed by atoms with E-state index in [9.17, 15) is 10.4 Å². The van der Waals surface area contributed by atoms with Crippen molar-refractivity contribution in [3.05, 3.63) is 70.8 Å². The average Bonchev–Trinajstić information content (AvgIpc) is 3.23. The Bertz CT molecular complexity index is 1150. The summed E-state index contributed by atoms with van der Waals surface area (Å²) in [6, 6.07) is 13.9. The number of rotatable bonds is 9. The number of nitriles is 1. The van der Waals surface area contributed by atoms with Crippen molar-refractivity contribution < 1.29 is 14.6 Å². The number of nitrogens with zero attached hydrogens (tertiary/aromatic N) is 3. The molecular formula is C28H34N4O3. The van der Waals surface area contributed by atoms with E-state index >= 15 is 0 Å². The Morgan fingerprint density at radius 1 is 1.31 bits per heavy atom. The lowest BCUT2D eigenvalue weighted by Crippen LogP contribution is -2.49. The Hall–Kier alpha value is -3.18. The largest absolute Gasteiger partial charge is 0.490 e. The highest BCUT2D eigenvalue weighted by Gasteiger charge is 2.27. The van der Waals surface area contributed by atoms with E-state index in [4.69, 9.17) is 14.5 Å². The first-order valence-corrected chi connectivity index (χ1v) is 12.2. The lowest BCUT2D eigenvalue weighted by atomic mass is 10.0. The van der Waals surface area contributed by atoms with Crippen molar-refractivity contribution in [2.45, 2.75) is 51.5 Å². The third kappa shape index (κ3) is 5.57. The van der Waals surface area contributed by atoms with Gasteiger partial charge in [0.25, 0.3) is 0 Å². The number of hydrogen-bond donors (Lipinski definition) is 2. The van der Waals surface area contributed by atoms with E-state index in [-0.39, 0.29) is 12.1 Å². The van der Waals surface area contributed by atoms with Crippen LogP contribution >= 0.6 is 0 Å². The van der Waals surface area contributed by atoms with Gasteiger partial charge in [-0.05, 0) is 62.4 Å². The molecule has 0 aromatic heterocycles. The molecule has 2 atom stereocenters. The second kappa shape index (κ2) is 11.0. The normalized spacial score (nSPS) is 18.5. The maximum atomic E-state index is 10.3. The van der Waals surface area contributed by atoms with Gasteiger partial charge in [-0.3, -0.25) is 4.90 Å². The van der Waals surface area contributed by atoms with Crippen LogP contribution in [-0.4, -0.2) is 55.0 Å². The molecule has 1 fully saturated rings. The summed E-state index contributed by atoms with van der Waals surface area (Å²) in [6.07, 6.45) is 2.58. The van der Waals surface area contributed by atoms with Crippen molar-refractivity contribution in [2.75, 3.05) is 26.7 Å². The van der Waals surface area contributed by atoms with Gasteiger partial charge in [-0.15, -0.1) is 0 Å². The molecule has 1 aliphatic heterocycles. The summed E-state index contributed by atoms with van der Waals surface area (Å²) < 4.78 is 11.3. The van der Waals surface area contributed by atoms with Gasteiger partial charge in [-0.1, -0.05) is 24.8 Å². The minimum Gasteiger partial charge on any atom is -0.490 e. The third-order valence-corrected chi connectivity index (χ3v) is 6.58. The fraction of sp³-hybridized carbons (Fsp3) is 0.429. The van der Waals surface area contributed by atoms with Gasteiger partial charge in [0.1, 0.15) is 18.0 Å². The molecule has 1 heterocycles. The first-order chi connectivity index (χ1) is 16.9. The molecule has 2 aromatic rings. The number of aliphatic imine (C=N–C) groups is 1. The number of methoxy groups -OCH3 is 1. The third-order valence-electron chi connectivity index (χ3n) is 6.58. The Kier molecular flexibility index (Phi) is 7.86. The maximum absolute atomic E-state index is 10.3. The minimum absolute atomic E-state index is 0.0271. The Morgan fingerprint density at radius 2 is 2.11 bits per heavy atom. The number of hydrogen-bond acceptors (Lipinski definition) is 7. The fourth-order valence-corrected chi connectivity index (χ4v) is 4.67. The van der Waals surface area contributed by atoms with Gasteiger partial charge in [0.05, 0.1) is 24.5 Å². The van der Waals surface area contributed by atoms with Crippen LogP contribution in [0.4, 0.5) is 0 Å². The lowest BCUT2D eigenvalue weighted by molar-refractivity contribution is -0.0338. The van der Waals surface area contributed by atoms with Crippen molar-refractivity contribution in [3.63, 3.8) is 0 Å². The van der Waals surface area contributed by atoms with Gasteiger partial charge >= 0.3 is 0 Å². The SMILES string of the molecule is C=C(N=C(OC)c1ccc(OC(C)C)c(C#N)c1)c1cccc2c1CC[C@@H]2NCC(O)N1CCC1. The van der Waals surface area contributed by atoms with Crippen LogP contribution in [0.5, 0.6) is 5.75 Å². The summed E-state index contributed by atoms with van der Waals surface area (Å²) >= 11 is 0. The van der Waals surface area contributed by atoms with E-state index in [1.54, 1.807) is 19.2 Å². The monoisotopic (exact) mass is 474 g/mol. The molecular weight excluding hydrogens is 440 g/mol. The lowest BCUT2D eigenvalue weighted by Gasteiger charge is -2.35. The Morgan fingerprint density at radius 3 is 2.77 bits per heavy atom. The number of ether oxygens (including phenoxy) is 2. The molecule has 184 valence electrons. The molecule has 1 unspecified atom stereocenters. The van der Waals surface area contributed by atoms with E-state index in [2.05, 4.69) is 28.9 Å². The zero-order chi connectivity index (χ0) is 24.9.